The van der Waals surface area contributed by atoms with E-state index < -0.39 is 0 Å². The van der Waals surface area contributed by atoms with E-state index in [4.69, 9.17) is 0 Å². The SMILES string of the molecule is CCc1nc2ccccc2n1CCNCCN(C)C. The Labute approximate surface area is 115 Å². The number of nitrogens with one attached hydrogen (secondary N) is 1. The maximum Gasteiger partial charge on any atom is 0.109 e. The maximum absolute atomic E-state index is 4.69. The van der Waals surface area contributed by atoms with E-state index in [0.717, 1.165) is 38.1 Å². The number of aromatic nitrogens is 2. The molecular weight excluding hydrogens is 236 g/mol. The molecule has 4 nitrogen and oxygen atoms in total. The Balaban J connectivity index is 1.99. The lowest BCUT2D eigenvalue weighted by Crippen LogP contribution is -2.29. The van der Waals surface area contributed by atoms with Crippen LogP contribution in [0.3, 0.4) is 0 Å². The first-order chi connectivity index (χ1) is 9.22. The zero-order valence-electron chi connectivity index (χ0n) is 12.2. The molecule has 0 amide bonds. The largest absolute Gasteiger partial charge is 0.327 e. The van der Waals surface area contributed by atoms with Crippen molar-refractivity contribution in [3.8, 4) is 0 Å². The maximum atomic E-state index is 4.69. The van der Waals surface area contributed by atoms with Gasteiger partial charge in [-0.3, -0.25) is 0 Å². The predicted molar refractivity (Wildman–Crippen MR) is 80.5 cm³/mol. The molecule has 2 aromatic rings. The normalized spacial score (nSPS) is 11.6. The summed E-state index contributed by atoms with van der Waals surface area (Å²) in [4.78, 5) is 6.88. The van der Waals surface area contributed by atoms with Gasteiger partial charge in [0, 0.05) is 32.6 Å². The third-order valence-electron chi connectivity index (χ3n) is 3.30. The molecule has 0 atom stereocenters. The third kappa shape index (κ3) is 3.55. The lowest BCUT2D eigenvalue weighted by atomic mass is 10.3. The second-order valence-corrected chi connectivity index (χ2v) is 5.08. The molecule has 0 aliphatic heterocycles. The first-order valence-electron chi connectivity index (χ1n) is 7.02. The van der Waals surface area contributed by atoms with Crippen molar-refractivity contribution in [1.82, 2.24) is 19.8 Å². The average molecular weight is 260 g/mol. The molecule has 1 heterocycles. The highest BCUT2D eigenvalue weighted by Crippen LogP contribution is 2.15. The number of fused-ring (bicyclic) bond motifs is 1. The van der Waals surface area contributed by atoms with Crippen LogP contribution in [0.25, 0.3) is 11.0 Å². The van der Waals surface area contributed by atoms with Gasteiger partial charge < -0.3 is 14.8 Å². The van der Waals surface area contributed by atoms with Gasteiger partial charge in [0.1, 0.15) is 5.82 Å². The lowest BCUT2D eigenvalue weighted by Gasteiger charge is -2.12. The Morgan fingerprint density at radius 3 is 2.74 bits per heavy atom. The quantitative estimate of drug-likeness (QED) is 0.770. The van der Waals surface area contributed by atoms with E-state index in [1.54, 1.807) is 0 Å². The number of aryl methyl sites for hydroxylation is 1. The number of hydrogen-bond donors (Lipinski definition) is 1. The molecule has 0 saturated heterocycles. The van der Waals surface area contributed by atoms with Crippen molar-refractivity contribution in [2.45, 2.75) is 19.9 Å². The van der Waals surface area contributed by atoms with Crippen LogP contribution < -0.4 is 5.32 Å². The highest BCUT2D eigenvalue weighted by atomic mass is 15.1. The van der Waals surface area contributed by atoms with Crippen LogP contribution in [0.2, 0.25) is 0 Å². The van der Waals surface area contributed by atoms with E-state index in [2.05, 4.69) is 65.1 Å². The fourth-order valence-electron chi connectivity index (χ4n) is 2.26. The first kappa shape index (κ1) is 14.0. The zero-order chi connectivity index (χ0) is 13.7. The minimum absolute atomic E-state index is 0.979. The van der Waals surface area contributed by atoms with E-state index in [1.165, 1.54) is 11.3 Å². The standard InChI is InChI=1S/C15H24N4/c1-4-15-17-13-7-5-6-8-14(13)19(15)12-10-16-9-11-18(2)3/h5-8,16H,4,9-12H2,1-3H3. The highest BCUT2D eigenvalue weighted by molar-refractivity contribution is 5.75. The van der Waals surface area contributed by atoms with E-state index in [1.807, 2.05) is 0 Å². The summed E-state index contributed by atoms with van der Waals surface area (Å²) in [6, 6.07) is 8.37. The molecule has 0 bridgehead atoms. The third-order valence-corrected chi connectivity index (χ3v) is 3.30. The van der Waals surface area contributed by atoms with Crippen LogP contribution >= 0.6 is 0 Å². The molecule has 0 radical (unpaired) electrons. The number of para-hydroxylation sites is 2. The van der Waals surface area contributed by atoms with Crippen LogP contribution in [0.4, 0.5) is 0 Å². The van der Waals surface area contributed by atoms with Crippen LogP contribution in [0.1, 0.15) is 12.7 Å². The van der Waals surface area contributed by atoms with E-state index >= 15 is 0 Å². The molecule has 1 aromatic carbocycles. The molecular formula is C15H24N4. The Bertz CT molecular complexity index is 516. The van der Waals surface area contributed by atoms with Gasteiger partial charge in [-0.2, -0.15) is 0 Å². The summed E-state index contributed by atoms with van der Waals surface area (Å²) in [5.74, 6) is 1.18. The summed E-state index contributed by atoms with van der Waals surface area (Å²) in [5.41, 5.74) is 2.35. The van der Waals surface area contributed by atoms with Crippen LogP contribution in [-0.2, 0) is 13.0 Å². The minimum Gasteiger partial charge on any atom is -0.327 e. The van der Waals surface area contributed by atoms with Crippen molar-refractivity contribution in [2.24, 2.45) is 0 Å². The molecule has 4 heteroatoms. The van der Waals surface area contributed by atoms with Gasteiger partial charge in [0.05, 0.1) is 11.0 Å². The Morgan fingerprint density at radius 1 is 1.21 bits per heavy atom. The summed E-state index contributed by atoms with van der Waals surface area (Å²) in [6.45, 7) is 6.24. The molecule has 0 unspecified atom stereocenters. The lowest BCUT2D eigenvalue weighted by molar-refractivity contribution is 0.398. The van der Waals surface area contributed by atoms with Gasteiger partial charge in [0.15, 0.2) is 0 Å². The molecule has 0 fully saturated rings. The topological polar surface area (TPSA) is 33.1 Å². The number of benzene rings is 1. The summed E-state index contributed by atoms with van der Waals surface area (Å²) in [7, 11) is 4.19. The second kappa shape index (κ2) is 6.68. The molecule has 0 aliphatic rings. The van der Waals surface area contributed by atoms with Crippen molar-refractivity contribution in [2.75, 3.05) is 33.7 Å². The van der Waals surface area contributed by atoms with Crippen molar-refractivity contribution in [3.63, 3.8) is 0 Å². The van der Waals surface area contributed by atoms with Crippen LogP contribution in [0, 0.1) is 0 Å². The average Bonchev–Trinajstić information content (AvgIpc) is 2.76. The fourth-order valence-corrected chi connectivity index (χ4v) is 2.26. The van der Waals surface area contributed by atoms with E-state index in [9.17, 15) is 0 Å². The number of imidazole rings is 1. The molecule has 1 N–H and O–H groups in total. The van der Waals surface area contributed by atoms with Crippen molar-refractivity contribution in [3.05, 3.63) is 30.1 Å². The Kier molecular flexibility index (Phi) is 4.93. The Morgan fingerprint density at radius 2 is 2.00 bits per heavy atom. The van der Waals surface area contributed by atoms with Crippen LogP contribution in [-0.4, -0.2) is 48.2 Å². The van der Waals surface area contributed by atoms with Gasteiger partial charge in [-0.25, -0.2) is 4.98 Å². The summed E-state index contributed by atoms with van der Waals surface area (Å²) < 4.78 is 2.33. The molecule has 0 spiro atoms. The van der Waals surface area contributed by atoms with Crippen LogP contribution in [0.15, 0.2) is 24.3 Å². The smallest absolute Gasteiger partial charge is 0.109 e. The van der Waals surface area contributed by atoms with Crippen molar-refractivity contribution >= 4 is 11.0 Å². The molecule has 0 saturated carbocycles. The van der Waals surface area contributed by atoms with Crippen molar-refractivity contribution in [1.29, 1.82) is 0 Å². The van der Waals surface area contributed by atoms with Gasteiger partial charge >= 0.3 is 0 Å². The van der Waals surface area contributed by atoms with Gasteiger partial charge in [-0.1, -0.05) is 19.1 Å². The van der Waals surface area contributed by atoms with Gasteiger partial charge in [-0.15, -0.1) is 0 Å². The monoisotopic (exact) mass is 260 g/mol. The number of likely N-dealkylation sites (N-methyl/N-ethyl adjacent to an activating group) is 1. The van der Waals surface area contributed by atoms with Crippen molar-refractivity contribution < 1.29 is 0 Å². The van der Waals surface area contributed by atoms with E-state index in [-0.39, 0.29) is 0 Å². The molecule has 0 aliphatic carbocycles. The van der Waals surface area contributed by atoms with Crippen LogP contribution in [0.5, 0.6) is 0 Å². The zero-order valence-corrected chi connectivity index (χ0v) is 12.2. The first-order valence-corrected chi connectivity index (χ1v) is 7.02. The summed E-state index contributed by atoms with van der Waals surface area (Å²) >= 11 is 0. The highest BCUT2D eigenvalue weighted by Gasteiger charge is 2.07. The molecule has 104 valence electrons. The van der Waals surface area contributed by atoms with Gasteiger partial charge in [0.2, 0.25) is 0 Å². The summed E-state index contributed by atoms with van der Waals surface area (Å²) in [6.07, 6.45) is 0.979. The van der Waals surface area contributed by atoms with Gasteiger partial charge in [0.25, 0.3) is 0 Å². The van der Waals surface area contributed by atoms with E-state index in [0.29, 0.717) is 0 Å². The number of nitrogens with zero attached hydrogens (tertiary/aromatic N) is 3. The fraction of sp³-hybridized carbons (Fsp3) is 0.533. The minimum atomic E-state index is 0.979. The number of rotatable bonds is 7. The number of hydrogen-bond acceptors (Lipinski definition) is 3. The second-order valence-electron chi connectivity index (χ2n) is 5.08. The molecule has 19 heavy (non-hydrogen) atoms. The van der Waals surface area contributed by atoms with Gasteiger partial charge in [-0.05, 0) is 26.2 Å². The Hall–Kier alpha value is -1.39. The summed E-state index contributed by atoms with van der Waals surface area (Å²) in [5, 5.41) is 3.48. The molecule has 1 aromatic heterocycles. The molecule has 2 rings (SSSR count). The predicted octanol–water partition coefficient (Wildman–Crippen LogP) is 1.75.